The molecule has 0 aromatic heterocycles. The van der Waals surface area contributed by atoms with E-state index in [0.717, 1.165) is 0 Å². The highest BCUT2D eigenvalue weighted by Gasteiger charge is 2.30. The molecule has 0 aliphatic carbocycles. The minimum Gasteiger partial charge on any atom is -0.487 e. The van der Waals surface area contributed by atoms with Gasteiger partial charge in [0.2, 0.25) is 10.0 Å². The fraction of sp³-hybridized carbons (Fsp3) is 0.385. The molecule has 8 heteroatoms. The van der Waals surface area contributed by atoms with Crippen LogP contribution in [-0.2, 0) is 10.0 Å². The third-order valence-electron chi connectivity index (χ3n) is 3.41. The third kappa shape index (κ3) is 3.35. The van der Waals surface area contributed by atoms with Crippen LogP contribution in [0.15, 0.2) is 23.1 Å². The monoisotopic (exact) mass is 350 g/mol. The lowest BCUT2D eigenvalue weighted by Gasteiger charge is -2.28. The summed E-state index contributed by atoms with van der Waals surface area (Å²) in [6.07, 6.45) is 1.65. The van der Waals surface area contributed by atoms with Crippen LogP contribution in [0.3, 0.4) is 0 Å². The van der Waals surface area contributed by atoms with Gasteiger partial charge in [-0.05, 0) is 24.3 Å². The molecule has 0 unspecified atom stereocenters. The maximum Gasteiger partial charge on any atom is 0.242 e. The van der Waals surface area contributed by atoms with Crippen LogP contribution in [0.2, 0.25) is 5.02 Å². The van der Waals surface area contributed by atoms with Crippen LogP contribution in [0.4, 0.5) is 0 Å². The lowest BCUT2D eigenvalue weighted by molar-refractivity contribution is 0.339. The largest absolute Gasteiger partial charge is 0.487 e. The van der Waals surface area contributed by atoms with Crippen LogP contribution in [0.5, 0.6) is 5.75 Å². The fourth-order valence-electron chi connectivity index (χ4n) is 2.33. The zero-order valence-corrected chi connectivity index (χ0v) is 13.6. The Balaban J connectivity index is 0.00000161. The zero-order chi connectivity index (χ0) is 14.2. The van der Waals surface area contributed by atoms with Crippen molar-refractivity contribution in [3.05, 3.63) is 33.7 Å². The average Bonchev–Trinajstić information content (AvgIpc) is 2.47. The Morgan fingerprint density at radius 3 is 2.67 bits per heavy atom. The molecule has 0 radical (unpaired) electrons. The van der Waals surface area contributed by atoms with Crippen LogP contribution in [0, 0.1) is 0 Å². The van der Waals surface area contributed by atoms with Crippen molar-refractivity contribution < 1.29 is 13.2 Å². The van der Waals surface area contributed by atoms with Gasteiger partial charge in [0.25, 0.3) is 0 Å². The average molecular weight is 351 g/mol. The molecule has 1 aromatic rings. The minimum absolute atomic E-state index is 0. The molecule has 0 spiro atoms. The molecule has 3 rings (SSSR count). The van der Waals surface area contributed by atoms with Crippen LogP contribution in [-0.4, -0.2) is 45.5 Å². The van der Waals surface area contributed by atoms with Crippen LogP contribution >= 0.6 is 24.0 Å². The summed E-state index contributed by atoms with van der Waals surface area (Å²) in [5, 5.41) is 3.70. The number of nitrogens with zero attached hydrogens (tertiary/aromatic N) is 1. The van der Waals surface area contributed by atoms with Gasteiger partial charge in [0.05, 0.1) is 4.91 Å². The predicted octanol–water partition coefficient (Wildman–Crippen LogP) is 1.73. The summed E-state index contributed by atoms with van der Waals surface area (Å²) in [6.45, 7) is 2.40. The number of hydrogen-bond donors (Lipinski definition) is 1. The van der Waals surface area contributed by atoms with E-state index < -0.39 is 10.0 Å². The predicted molar refractivity (Wildman–Crippen MR) is 85.5 cm³/mol. The highest BCUT2D eigenvalue weighted by Crippen LogP contribution is 2.31. The van der Waals surface area contributed by atoms with E-state index in [0.29, 0.717) is 42.5 Å². The second-order valence-electron chi connectivity index (χ2n) is 4.74. The summed E-state index contributed by atoms with van der Waals surface area (Å²) in [5.41, 5.74) is 0.706. The molecule has 0 bridgehead atoms. The molecule has 0 atom stereocenters. The van der Waals surface area contributed by atoms with Gasteiger partial charge in [-0.25, -0.2) is 8.42 Å². The molecule has 1 fully saturated rings. The summed E-state index contributed by atoms with van der Waals surface area (Å²) >= 11 is 5.93. The minimum atomic E-state index is -3.45. The van der Waals surface area contributed by atoms with Crippen molar-refractivity contribution >= 4 is 40.1 Å². The summed E-state index contributed by atoms with van der Waals surface area (Å²) in [6, 6.07) is 5.19. The molecule has 0 amide bonds. The molecule has 2 heterocycles. The van der Waals surface area contributed by atoms with Crippen LogP contribution < -0.4 is 10.1 Å². The molecule has 0 saturated carbocycles. The van der Waals surface area contributed by atoms with Gasteiger partial charge in [-0.3, -0.25) is 0 Å². The van der Waals surface area contributed by atoms with E-state index in [1.165, 1.54) is 4.31 Å². The summed E-state index contributed by atoms with van der Waals surface area (Å²) in [7, 11) is -3.45. The van der Waals surface area contributed by atoms with Crippen molar-refractivity contribution in [3.8, 4) is 5.75 Å². The molecule has 116 valence electrons. The molecule has 1 N–H and O–H groups in total. The number of piperazine rings is 1. The normalized spacial score (nSPS) is 19.0. The van der Waals surface area contributed by atoms with Gasteiger partial charge < -0.3 is 10.1 Å². The molecule has 2 aliphatic heterocycles. The quantitative estimate of drug-likeness (QED) is 0.882. The first-order valence-corrected chi connectivity index (χ1v) is 8.23. The first-order valence-electron chi connectivity index (χ1n) is 6.41. The number of rotatable bonds is 2. The molecule has 21 heavy (non-hydrogen) atoms. The van der Waals surface area contributed by atoms with Crippen molar-refractivity contribution in [1.82, 2.24) is 9.62 Å². The Morgan fingerprint density at radius 2 is 1.95 bits per heavy atom. The van der Waals surface area contributed by atoms with Gasteiger partial charge in [-0.2, -0.15) is 4.31 Å². The van der Waals surface area contributed by atoms with E-state index in [4.69, 9.17) is 16.3 Å². The number of sulfonamides is 1. The van der Waals surface area contributed by atoms with E-state index in [1.54, 1.807) is 24.3 Å². The van der Waals surface area contributed by atoms with Crippen molar-refractivity contribution in [2.45, 2.75) is 0 Å². The maximum absolute atomic E-state index is 12.6. The number of nitrogens with one attached hydrogen (secondary N) is 1. The van der Waals surface area contributed by atoms with Crippen LogP contribution in [0.25, 0.3) is 6.08 Å². The standard InChI is InChI=1S/C13H15ClN2O3S.ClH/c14-11-1-2-13-10(7-11)8-12(9-19-13)20(17,18)16-5-3-15-4-6-16;/h1-2,7-8,15H,3-6,9H2;1H. The van der Waals surface area contributed by atoms with Crippen molar-refractivity contribution in [2.24, 2.45) is 0 Å². The van der Waals surface area contributed by atoms with E-state index in [-0.39, 0.29) is 23.9 Å². The number of hydrogen-bond acceptors (Lipinski definition) is 4. The molecule has 2 aliphatic rings. The zero-order valence-electron chi connectivity index (χ0n) is 11.2. The van der Waals surface area contributed by atoms with E-state index in [9.17, 15) is 8.42 Å². The van der Waals surface area contributed by atoms with E-state index in [2.05, 4.69) is 5.32 Å². The molecule has 5 nitrogen and oxygen atoms in total. The summed E-state index contributed by atoms with van der Waals surface area (Å²) < 4.78 is 32.1. The Hall–Kier alpha value is -0.790. The highest BCUT2D eigenvalue weighted by molar-refractivity contribution is 7.93. The van der Waals surface area contributed by atoms with Gasteiger partial charge >= 0.3 is 0 Å². The van der Waals surface area contributed by atoms with Gasteiger partial charge in [-0.15, -0.1) is 12.4 Å². The Labute approximate surface area is 135 Å². The van der Waals surface area contributed by atoms with Gasteiger partial charge in [0, 0.05) is 36.8 Å². The first-order chi connectivity index (χ1) is 9.57. The number of halogens is 2. The Bertz CT molecular complexity index is 655. The maximum atomic E-state index is 12.6. The molecular formula is C13H16Cl2N2O3S. The van der Waals surface area contributed by atoms with Gasteiger partial charge in [0.15, 0.2) is 0 Å². The fourth-order valence-corrected chi connectivity index (χ4v) is 3.99. The third-order valence-corrected chi connectivity index (χ3v) is 5.58. The Kier molecular flexibility index (Phi) is 5.16. The molecule has 1 aromatic carbocycles. The van der Waals surface area contributed by atoms with Gasteiger partial charge in [0.1, 0.15) is 12.4 Å². The second-order valence-corrected chi connectivity index (χ2v) is 7.16. The smallest absolute Gasteiger partial charge is 0.242 e. The lowest BCUT2D eigenvalue weighted by Crippen LogP contribution is -2.47. The molecular weight excluding hydrogens is 335 g/mol. The Morgan fingerprint density at radius 1 is 1.24 bits per heavy atom. The van der Waals surface area contributed by atoms with E-state index >= 15 is 0 Å². The lowest BCUT2D eigenvalue weighted by atomic mass is 10.1. The molecule has 1 saturated heterocycles. The van der Waals surface area contributed by atoms with Gasteiger partial charge in [-0.1, -0.05) is 11.6 Å². The highest BCUT2D eigenvalue weighted by atomic mass is 35.5. The first kappa shape index (κ1) is 16.6. The van der Waals surface area contributed by atoms with Crippen LogP contribution in [0.1, 0.15) is 5.56 Å². The SMILES string of the molecule is Cl.O=S(=O)(C1=Cc2cc(Cl)ccc2OC1)N1CCNCC1. The van der Waals surface area contributed by atoms with Crippen molar-refractivity contribution in [1.29, 1.82) is 0 Å². The second kappa shape index (κ2) is 6.54. The number of ether oxygens (including phenoxy) is 1. The number of benzene rings is 1. The van der Waals surface area contributed by atoms with E-state index in [1.807, 2.05) is 0 Å². The topological polar surface area (TPSA) is 58.6 Å². The number of fused-ring (bicyclic) bond motifs is 1. The van der Waals surface area contributed by atoms with Crippen molar-refractivity contribution in [3.63, 3.8) is 0 Å². The van der Waals surface area contributed by atoms with Crippen molar-refractivity contribution in [2.75, 3.05) is 32.8 Å². The summed E-state index contributed by atoms with van der Waals surface area (Å²) in [5.74, 6) is 0.661. The summed E-state index contributed by atoms with van der Waals surface area (Å²) in [4.78, 5) is 0.286.